The fraction of sp³-hybridized carbons (Fsp3) is 0.385. The van der Waals surface area contributed by atoms with Crippen molar-refractivity contribution in [2.45, 2.75) is 19.4 Å². The van der Waals surface area contributed by atoms with Crippen molar-refractivity contribution in [1.82, 2.24) is 4.90 Å². The normalized spacial score (nSPS) is 19.7. The lowest BCUT2D eigenvalue weighted by atomic mass is 9.97. The number of likely N-dealkylation sites (tertiary alicyclic amines) is 1. The average molecular weight is 267 g/mol. The van der Waals surface area contributed by atoms with Crippen molar-refractivity contribution in [3.05, 3.63) is 34.6 Å². The number of piperidine rings is 1. The summed E-state index contributed by atoms with van der Waals surface area (Å²) in [6, 6.07) is 6.40. The second-order valence-corrected chi connectivity index (χ2v) is 4.81. The van der Waals surface area contributed by atoms with Gasteiger partial charge in [0.1, 0.15) is 5.82 Å². The third kappa shape index (κ3) is 2.80. The van der Waals surface area contributed by atoms with Gasteiger partial charge < -0.3 is 4.90 Å². The molecule has 1 saturated heterocycles. The monoisotopic (exact) mass is 266 g/mol. The SMILES string of the molecule is N#CC1CCN(Cc2cc(Cl)ccc2F)C(=O)C1. The molecule has 3 nitrogen and oxygen atoms in total. The molecule has 0 bridgehead atoms. The van der Waals surface area contributed by atoms with Crippen molar-refractivity contribution in [2.75, 3.05) is 6.54 Å². The highest BCUT2D eigenvalue weighted by atomic mass is 35.5. The summed E-state index contributed by atoms with van der Waals surface area (Å²) < 4.78 is 13.5. The Bertz CT molecular complexity index is 512. The molecule has 1 atom stereocenters. The van der Waals surface area contributed by atoms with E-state index in [2.05, 4.69) is 6.07 Å². The van der Waals surface area contributed by atoms with Crippen LogP contribution in [0.1, 0.15) is 18.4 Å². The van der Waals surface area contributed by atoms with E-state index in [1.54, 1.807) is 4.90 Å². The zero-order valence-electron chi connectivity index (χ0n) is 9.70. The maximum atomic E-state index is 13.5. The molecule has 1 aromatic rings. The molecular formula is C13H12ClFN2O. The van der Waals surface area contributed by atoms with Crippen molar-refractivity contribution in [2.24, 2.45) is 5.92 Å². The zero-order valence-corrected chi connectivity index (χ0v) is 10.5. The first-order valence-corrected chi connectivity index (χ1v) is 6.09. The van der Waals surface area contributed by atoms with Gasteiger partial charge in [-0.15, -0.1) is 0 Å². The van der Waals surface area contributed by atoms with E-state index in [0.717, 1.165) is 0 Å². The number of carbonyl (C=O) groups excluding carboxylic acids is 1. The molecule has 18 heavy (non-hydrogen) atoms. The topological polar surface area (TPSA) is 44.1 Å². The Labute approximate surface area is 110 Å². The third-order valence-electron chi connectivity index (χ3n) is 3.07. The standard InChI is InChI=1S/C13H12ClFN2O/c14-11-1-2-12(15)10(6-11)8-17-4-3-9(7-16)5-13(17)18/h1-2,6,9H,3-5,8H2. The van der Waals surface area contributed by atoms with E-state index < -0.39 is 0 Å². The molecule has 0 N–H and O–H groups in total. The van der Waals surface area contributed by atoms with Crippen LogP contribution in [0.3, 0.4) is 0 Å². The predicted octanol–water partition coefficient (Wildman–Crippen LogP) is 2.74. The van der Waals surface area contributed by atoms with Gasteiger partial charge in [-0.3, -0.25) is 4.79 Å². The van der Waals surface area contributed by atoms with Gasteiger partial charge in [0.25, 0.3) is 0 Å². The Morgan fingerprint density at radius 3 is 3.00 bits per heavy atom. The van der Waals surface area contributed by atoms with Crippen molar-refractivity contribution in [3.63, 3.8) is 0 Å². The van der Waals surface area contributed by atoms with Crippen LogP contribution in [-0.2, 0) is 11.3 Å². The smallest absolute Gasteiger partial charge is 0.224 e. The van der Waals surface area contributed by atoms with E-state index in [1.807, 2.05) is 0 Å². The second kappa shape index (κ2) is 5.36. The summed E-state index contributed by atoms with van der Waals surface area (Å²) in [6.07, 6.45) is 0.864. The third-order valence-corrected chi connectivity index (χ3v) is 3.31. The minimum atomic E-state index is -0.366. The lowest BCUT2D eigenvalue weighted by Crippen LogP contribution is -2.38. The molecule has 0 aromatic heterocycles. The highest BCUT2D eigenvalue weighted by Crippen LogP contribution is 2.22. The predicted molar refractivity (Wildman–Crippen MR) is 65.2 cm³/mol. The Balaban J connectivity index is 2.08. The number of benzene rings is 1. The summed E-state index contributed by atoms with van der Waals surface area (Å²) in [6.45, 7) is 0.701. The van der Waals surface area contributed by atoms with Crippen LogP contribution in [-0.4, -0.2) is 17.4 Å². The lowest BCUT2D eigenvalue weighted by Gasteiger charge is -2.29. The molecule has 1 aromatic carbocycles. The van der Waals surface area contributed by atoms with E-state index in [4.69, 9.17) is 16.9 Å². The summed E-state index contributed by atoms with van der Waals surface area (Å²) >= 11 is 5.80. The van der Waals surface area contributed by atoms with Gasteiger partial charge in [-0.05, 0) is 24.6 Å². The number of hydrogen-bond donors (Lipinski definition) is 0. The number of rotatable bonds is 2. The summed E-state index contributed by atoms with van der Waals surface area (Å²) in [5, 5.41) is 9.22. The van der Waals surface area contributed by atoms with E-state index in [1.165, 1.54) is 18.2 Å². The van der Waals surface area contributed by atoms with Crippen LogP contribution in [0.15, 0.2) is 18.2 Å². The molecule has 1 amide bonds. The first-order chi connectivity index (χ1) is 8.60. The van der Waals surface area contributed by atoms with Crippen LogP contribution < -0.4 is 0 Å². The Morgan fingerprint density at radius 1 is 1.56 bits per heavy atom. The van der Waals surface area contributed by atoms with Gasteiger partial charge in [0.2, 0.25) is 5.91 Å². The summed E-state index contributed by atoms with van der Waals surface area (Å²) in [5.74, 6) is -0.681. The highest BCUT2D eigenvalue weighted by molar-refractivity contribution is 6.30. The second-order valence-electron chi connectivity index (χ2n) is 4.37. The number of halogens is 2. The van der Waals surface area contributed by atoms with Crippen molar-refractivity contribution < 1.29 is 9.18 Å². The molecule has 1 heterocycles. The van der Waals surface area contributed by atoms with Crippen LogP contribution in [0.25, 0.3) is 0 Å². The average Bonchev–Trinajstić information content (AvgIpc) is 2.36. The summed E-state index contributed by atoms with van der Waals surface area (Å²) in [4.78, 5) is 13.4. The van der Waals surface area contributed by atoms with Gasteiger partial charge in [0.05, 0.1) is 12.0 Å². The van der Waals surface area contributed by atoms with Crippen LogP contribution >= 0.6 is 11.6 Å². The zero-order chi connectivity index (χ0) is 13.1. The van der Waals surface area contributed by atoms with Crippen LogP contribution in [0, 0.1) is 23.1 Å². The molecule has 94 valence electrons. The van der Waals surface area contributed by atoms with Crippen molar-refractivity contribution in [3.8, 4) is 6.07 Å². The largest absolute Gasteiger partial charge is 0.338 e. The van der Waals surface area contributed by atoms with Gasteiger partial charge in [-0.25, -0.2) is 4.39 Å². The quantitative estimate of drug-likeness (QED) is 0.826. The molecule has 1 aliphatic heterocycles. The van der Waals surface area contributed by atoms with E-state index in [-0.39, 0.29) is 30.6 Å². The van der Waals surface area contributed by atoms with Gasteiger partial charge >= 0.3 is 0 Å². The number of amides is 1. The molecule has 1 aliphatic rings. The minimum absolute atomic E-state index is 0.104. The fourth-order valence-electron chi connectivity index (χ4n) is 2.03. The number of carbonyl (C=O) groups is 1. The van der Waals surface area contributed by atoms with Crippen LogP contribution in [0.4, 0.5) is 4.39 Å². The number of nitrogens with zero attached hydrogens (tertiary/aromatic N) is 2. The molecule has 0 spiro atoms. The summed E-state index contributed by atoms with van der Waals surface area (Å²) in [5.41, 5.74) is 0.409. The van der Waals surface area contributed by atoms with Crippen molar-refractivity contribution in [1.29, 1.82) is 5.26 Å². The summed E-state index contributed by atoms with van der Waals surface area (Å²) in [7, 11) is 0. The minimum Gasteiger partial charge on any atom is -0.338 e. The highest BCUT2D eigenvalue weighted by Gasteiger charge is 2.26. The first-order valence-electron chi connectivity index (χ1n) is 5.71. The van der Waals surface area contributed by atoms with Gasteiger partial charge in [-0.1, -0.05) is 11.6 Å². The Morgan fingerprint density at radius 2 is 2.33 bits per heavy atom. The maximum Gasteiger partial charge on any atom is 0.224 e. The van der Waals surface area contributed by atoms with Gasteiger partial charge in [0.15, 0.2) is 0 Å². The molecule has 0 radical (unpaired) electrons. The van der Waals surface area contributed by atoms with E-state index in [9.17, 15) is 9.18 Å². The van der Waals surface area contributed by atoms with Crippen LogP contribution in [0.2, 0.25) is 5.02 Å². The fourth-order valence-corrected chi connectivity index (χ4v) is 2.22. The van der Waals surface area contributed by atoms with E-state index in [0.29, 0.717) is 23.6 Å². The van der Waals surface area contributed by atoms with Crippen molar-refractivity contribution >= 4 is 17.5 Å². The lowest BCUT2D eigenvalue weighted by molar-refractivity contribution is -0.134. The molecule has 5 heteroatoms. The molecule has 0 aliphatic carbocycles. The Kier molecular flexibility index (Phi) is 3.83. The molecule has 1 unspecified atom stereocenters. The Hall–Kier alpha value is -1.60. The molecule has 1 fully saturated rings. The maximum absolute atomic E-state index is 13.5. The molecular weight excluding hydrogens is 255 g/mol. The number of nitriles is 1. The first kappa shape index (κ1) is 12.8. The van der Waals surface area contributed by atoms with Crippen LogP contribution in [0.5, 0.6) is 0 Å². The van der Waals surface area contributed by atoms with Gasteiger partial charge in [-0.2, -0.15) is 5.26 Å². The van der Waals surface area contributed by atoms with Gasteiger partial charge in [0, 0.05) is 30.1 Å². The van der Waals surface area contributed by atoms with E-state index >= 15 is 0 Å². The molecule has 0 saturated carbocycles. The molecule has 2 rings (SSSR count). The number of hydrogen-bond acceptors (Lipinski definition) is 2.